The van der Waals surface area contributed by atoms with E-state index in [0.717, 1.165) is 25.1 Å². The first-order chi connectivity index (χ1) is 18.1. The average Bonchev–Trinajstić information content (AvgIpc) is 3.29. The topological polar surface area (TPSA) is 105 Å². The molecule has 3 aromatic rings. The van der Waals surface area contributed by atoms with E-state index in [1.54, 1.807) is 30.6 Å². The molecule has 0 aliphatic rings. The van der Waals surface area contributed by atoms with Gasteiger partial charge in [0.2, 0.25) is 15.9 Å². The quantitative estimate of drug-likeness (QED) is 0.294. The Labute approximate surface area is 233 Å². The molecule has 2 heterocycles. The van der Waals surface area contributed by atoms with E-state index in [1.807, 2.05) is 39.8 Å². The highest BCUT2D eigenvalue weighted by atomic mass is 32.2. The van der Waals surface area contributed by atoms with Gasteiger partial charge in [-0.05, 0) is 86.5 Å². The van der Waals surface area contributed by atoms with Gasteiger partial charge in [0.25, 0.3) is 0 Å². The molecule has 0 saturated carbocycles. The summed E-state index contributed by atoms with van der Waals surface area (Å²) < 4.78 is 34.6. The van der Waals surface area contributed by atoms with Crippen LogP contribution in [0.25, 0.3) is 11.0 Å². The third kappa shape index (κ3) is 9.74. The number of hydrogen-bond acceptors (Lipinski definition) is 6. The van der Waals surface area contributed by atoms with Gasteiger partial charge in [0.1, 0.15) is 11.6 Å². The zero-order chi connectivity index (χ0) is 28.8. The number of carbonyl (C=O) groups excluding carboxylic acids is 1. The van der Waals surface area contributed by atoms with Crippen molar-refractivity contribution in [3.8, 4) is 0 Å². The summed E-state index contributed by atoms with van der Waals surface area (Å²) in [6.45, 7) is 16.8. The number of amides is 1. The molecule has 0 fully saturated rings. The Morgan fingerprint density at radius 1 is 1.05 bits per heavy atom. The van der Waals surface area contributed by atoms with Crippen molar-refractivity contribution in [2.24, 2.45) is 11.3 Å². The lowest BCUT2D eigenvalue weighted by Crippen LogP contribution is -2.57. The number of fused-ring (bicyclic) bond motifs is 1. The Bertz CT molecular complexity index is 1330. The van der Waals surface area contributed by atoms with E-state index in [1.165, 1.54) is 12.3 Å². The van der Waals surface area contributed by atoms with Gasteiger partial charge >= 0.3 is 0 Å². The molecule has 1 atom stereocenters. The Morgan fingerprint density at radius 3 is 2.38 bits per heavy atom. The van der Waals surface area contributed by atoms with Crippen LogP contribution in [0.1, 0.15) is 66.9 Å². The van der Waals surface area contributed by atoms with E-state index in [4.69, 9.17) is 4.42 Å². The molecule has 2 aromatic heterocycles. The number of aromatic nitrogens is 1. The number of furan rings is 1. The van der Waals surface area contributed by atoms with Crippen molar-refractivity contribution >= 4 is 26.9 Å². The maximum atomic E-state index is 13.6. The fraction of sp³-hybridized carbons (Fsp3) is 0.533. The Balaban J connectivity index is 1.75. The van der Waals surface area contributed by atoms with Crippen LogP contribution in [0.4, 0.5) is 0 Å². The second kappa shape index (κ2) is 12.6. The molecule has 0 saturated heterocycles. The third-order valence-electron chi connectivity index (χ3n) is 6.47. The zero-order valence-electron chi connectivity index (χ0n) is 24.3. The molecule has 0 aliphatic heterocycles. The minimum atomic E-state index is -3.93. The highest BCUT2D eigenvalue weighted by molar-refractivity contribution is 7.89. The fourth-order valence-corrected chi connectivity index (χ4v) is 5.76. The molecule has 9 heteroatoms. The number of carbonyl (C=O) groups is 1. The lowest BCUT2D eigenvalue weighted by atomic mass is 9.91. The van der Waals surface area contributed by atoms with Gasteiger partial charge in [-0.2, -0.15) is 4.72 Å². The normalized spacial score (nSPS) is 13.8. The number of rotatable bonds is 13. The maximum Gasteiger partial charge on any atom is 0.241 e. The summed E-state index contributed by atoms with van der Waals surface area (Å²) in [5.41, 5.74) is 1.33. The standard InChI is InChI=1S/C30H44N4O4S/c1-22(2)18-26(33-39(36,37)25-8-9-27-24(19-25)12-17-38-27)28(35)32-30(6,7)21-34(16-13-29(3,4)5)20-23-10-14-31-15-11-23/h8-12,14-15,17,19,22,26,33H,13,16,18,20-21H2,1-7H3,(H,32,35)/t26-/m0/s1. The molecule has 8 nitrogen and oxygen atoms in total. The van der Waals surface area contributed by atoms with Crippen LogP contribution < -0.4 is 10.0 Å². The number of sulfonamides is 1. The van der Waals surface area contributed by atoms with Crippen molar-refractivity contribution in [1.29, 1.82) is 0 Å². The van der Waals surface area contributed by atoms with Crippen molar-refractivity contribution < 1.29 is 17.6 Å². The molecule has 1 aromatic carbocycles. The molecule has 39 heavy (non-hydrogen) atoms. The molecule has 3 rings (SSSR count). The Hall–Kier alpha value is -2.75. The monoisotopic (exact) mass is 556 g/mol. The number of pyridine rings is 1. The van der Waals surface area contributed by atoms with Gasteiger partial charge in [0.15, 0.2) is 0 Å². The molecule has 1 amide bonds. The van der Waals surface area contributed by atoms with Crippen molar-refractivity contribution in [2.45, 2.75) is 84.3 Å². The Morgan fingerprint density at radius 2 is 1.74 bits per heavy atom. The molecule has 214 valence electrons. The van der Waals surface area contributed by atoms with Crippen LogP contribution in [0.3, 0.4) is 0 Å². The van der Waals surface area contributed by atoms with E-state index < -0.39 is 21.6 Å². The second-order valence-corrected chi connectivity index (χ2v) is 14.4. The van der Waals surface area contributed by atoms with E-state index in [9.17, 15) is 13.2 Å². The van der Waals surface area contributed by atoms with Crippen LogP contribution in [0.5, 0.6) is 0 Å². The van der Waals surface area contributed by atoms with Crippen molar-refractivity contribution in [3.63, 3.8) is 0 Å². The minimum Gasteiger partial charge on any atom is -0.464 e. The first kappa shape index (κ1) is 30.8. The summed E-state index contributed by atoms with van der Waals surface area (Å²) in [6.07, 6.45) is 6.47. The predicted molar refractivity (Wildman–Crippen MR) is 156 cm³/mol. The van der Waals surface area contributed by atoms with Crippen LogP contribution in [0, 0.1) is 11.3 Å². The SMILES string of the molecule is CC(C)C[C@H](NS(=O)(=O)c1ccc2occc2c1)C(=O)NC(C)(C)CN(CCC(C)(C)C)Cc1ccncc1. The largest absolute Gasteiger partial charge is 0.464 e. The van der Waals surface area contributed by atoms with E-state index in [2.05, 4.69) is 40.7 Å². The highest BCUT2D eigenvalue weighted by Gasteiger charge is 2.32. The van der Waals surface area contributed by atoms with Crippen LogP contribution >= 0.6 is 0 Å². The van der Waals surface area contributed by atoms with E-state index in [-0.39, 0.29) is 22.1 Å². The lowest BCUT2D eigenvalue weighted by Gasteiger charge is -2.36. The molecule has 2 N–H and O–H groups in total. The van der Waals surface area contributed by atoms with Gasteiger partial charge in [-0.25, -0.2) is 8.42 Å². The number of nitrogens with zero attached hydrogens (tertiary/aromatic N) is 2. The summed E-state index contributed by atoms with van der Waals surface area (Å²) in [7, 11) is -3.93. The van der Waals surface area contributed by atoms with Gasteiger partial charge in [0.05, 0.1) is 11.2 Å². The molecular formula is C30H44N4O4S. The molecular weight excluding hydrogens is 512 g/mol. The van der Waals surface area contributed by atoms with Gasteiger partial charge in [0, 0.05) is 36.4 Å². The van der Waals surface area contributed by atoms with Crippen molar-refractivity contribution in [3.05, 3.63) is 60.6 Å². The minimum absolute atomic E-state index is 0.0999. The fourth-order valence-electron chi connectivity index (χ4n) is 4.52. The third-order valence-corrected chi connectivity index (χ3v) is 7.94. The summed E-state index contributed by atoms with van der Waals surface area (Å²) >= 11 is 0. The van der Waals surface area contributed by atoms with E-state index >= 15 is 0 Å². The second-order valence-electron chi connectivity index (χ2n) is 12.7. The van der Waals surface area contributed by atoms with Gasteiger partial charge in [-0.15, -0.1) is 0 Å². The number of benzene rings is 1. The molecule has 0 aliphatic carbocycles. The molecule has 0 unspecified atom stereocenters. The lowest BCUT2D eigenvalue weighted by molar-refractivity contribution is -0.125. The first-order valence-corrected chi connectivity index (χ1v) is 15.0. The molecule has 0 bridgehead atoms. The summed E-state index contributed by atoms with van der Waals surface area (Å²) in [5, 5.41) is 3.83. The van der Waals surface area contributed by atoms with Crippen LogP contribution in [0.2, 0.25) is 0 Å². The smallest absolute Gasteiger partial charge is 0.241 e. The van der Waals surface area contributed by atoms with Crippen LogP contribution in [-0.2, 0) is 21.4 Å². The van der Waals surface area contributed by atoms with Crippen molar-refractivity contribution in [1.82, 2.24) is 19.9 Å². The van der Waals surface area contributed by atoms with Gasteiger partial charge in [-0.1, -0.05) is 34.6 Å². The van der Waals surface area contributed by atoms with Crippen LogP contribution in [-0.4, -0.2) is 48.9 Å². The molecule has 0 spiro atoms. The van der Waals surface area contributed by atoms with Gasteiger partial charge < -0.3 is 9.73 Å². The maximum absolute atomic E-state index is 13.6. The van der Waals surface area contributed by atoms with Crippen molar-refractivity contribution in [2.75, 3.05) is 13.1 Å². The summed E-state index contributed by atoms with van der Waals surface area (Å²) in [6, 6.07) is 9.49. The van der Waals surface area contributed by atoms with Gasteiger partial charge in [-0.3, -0.25) is 14.7 Å². The summed E-state index contributed by atoms with van der Waals surface area (Å²) in [5.74, 6) is -0.223. The average molecular weight is 557 g/mol. The predicted octanol–water partition coefficient (Wildman–Crippen LogP) is 5.35. The first-order valence-electron chi connectivity index (χ1n) is 13.6. The highest BCUT2D eigenvalue weighted by Crippen LogP contribution is 2.22. The number of nitrogens with one attached hydrogen (secondary N) is 2. The van der Waals surface area contributed by atoms with Crippen LogP contribution in [0.15, 0.2) is 64.4 Å². The van der Waals surface area contributed by atoms with E-state index in [0.29, 0.717) is 23.9 Å². The Kier molecular flexibility index (Phi) is 9.96. The summed E-state index contributed by atoms with van der Waals surface area (Å²) in [4.78, 5) is 20.1. The zero-order valence-corrected chi connectivity index (χ0v) is 25.1. The molecule has 0 radical (unpaired) electrons. The number of hydrogen-bond donors (Lipinski definition) is 2.